The smallest absolute Gasteiger partial charge is 0.125 e. The summed E-state index contributed by atoms with van der Waals surface area (Å²) < 4.78 is 15.0. The zero-order chi connectivity index (χ0) is 13.3. The highest BCUT2D eigenvalue weighted by atomic mass is 19.1. The maximum Gasteiger partial charge on any atom is 0.125 e. The van der Waals surface area contributed by atoms with Crippen LogP contribution in [0.4, 0.5) is 10.1 Å². The first kappa shape index (κ1) is 12.6. The topological polar surface area (TPSA) is 29.9 Å². The van der Waals surface area contributed by atoms with Crippen LogP contribution in [0.3, 0.4) is 0 Å². The van der Waals surface area contributed by atoms with E-state index in [0.717, 1.165) is 22.5 Å². The van der Waals surface area contributed by atoms with E-state index < -0.39 is 0 Å². The number of anilines is 1. The van der Waals surface area contributed by atoms with E-state index >= 15 is 0 Å². The van der Waals surface area contributed by atoms with Gasteiger partial charge in [0, 0.05) is 24.5 Å². The number of rotatable bonds is 3. The van der Waals surface area contributed by atoms with Gasteiger partial charge in [0.05, 0.1) is 11.7 Å². The molecule has 1 N–H and O–H groups in total. The van der Waals surface area contributed by atoms with Gasteiger partial charge in [0.1, 0.15) is 5.82 Å². The van der Waals surface area contributed by atoms with Crippen molar-refractivity contribution in [2.45, 2.75) is 26.8 Å². The van der Waals surface area contributed by atoms with Gasteiger partial charge in [0.25, 0.3) is 0 Å². The largest absolute Gasteiger partial charge is 0.378 e. The van der Waals surface area contributed by atoms with Crippen molar-refractivity contribution < 1.29 is 4.39 Å². The monoisotopic (exact) mass is 247 g/mol. The Morgan fingerprint density at radius 1 is 1.33 bits per heavy atom. The lowest BCUT2D eigenvalue weighted by Crippen LogP contribution is -2.08. The molecule has 0 aliphatic heterocycles. The second-order valence-corrected chi connectivity index (χ2v) is 4.67. The Hall–Kier alpha value is -1.84. The first-order valence-electron chi connectivity index (χ1n) is 6.00. The average Bonchev–Trinajstić information content (AvgIpc) is 2.63. The number of aromatic nitrogens is 2. The van der Waals surface area contributed by atoms with Crippen molar-refractivity contribution in [1.29, 1.82) is 0 Å². The maximum absolute atomic E-state index is 13.2. The molecule has 1 aromatic carbocycles. The van der Waals surface area contributed by atoms with Gasteiger partial charge in [-0.15, -0.1) is 0 Å². The van der Waals surface area contributed by atoms with Gasteiger partial charge in [-0.1, -0.05) is 6.07 Å². The molecule has 0 spiro atoms. The molecule has 2 aromatic rings. The van der Waals surface area contributed by atoms with E-state index in [1.807, 2.05) is 34.0 Å². The van der Waals surface area contributed by atoms with Crippen molar-refractivity contribution in [2.24, 2.45) is 7.05 Å². The van der Waals surface area contributed by atoms with Crippen LogP contribution in [-0.2, 0) is 7.05 Å². The van der Waals surface area contributed by atoms with Crippen molar-refractivity contribution in [3.05, 3.63) is 47.0 Å². The summed E-state index contributed by atoms with van der Waals surface area (Å²) in [4.78, 5) is 0. The molecule has 3 nitrogen and oxygen atoms in total. The Morgan fingerprint density at radius 2 is 2.06 bits per heavy atom. The van der Waals surface area contributed by atoms with Crippen LogP contribution in [0.5, 0.6) is 0 Å². The third-order valence-electron chi connectivity index (χ3n) is 3.09. The molecule has 4 heteroatoms. The number of hydrogen-bond donors (Lipinski definition) is 1. The van der Waals surface area contributed by atoms with Crippen molar-refractivity contribution in [2.75, 3.05) is 5.32 Å². The summed E-state index contributed by atoms with van der Waals surface area (Å²) >= 11 is 0. The SMILES string of the molecule is Cc1ccc(F)cc1NC(C)c1cn(C)nc1C. The highest BCUT2D eigenvalue weighted by Crippen LogP contribution is 2.24. The molecule has 2 rings (SSSR count). The molecule has 1 unspecified atom stereocenters. The van der Waals surface area contributed by atoms with Crippen molar-refractivity contribution in [3.8, 4) is 0 Å². The molecular formula is C14H18FN3. The summed E-state index contributed by atoms with van der Waals surface area (Å²) in [6.07, 6.45) is 1.99. The first-order valence-corrected chi connectivity index (χ1v) is 6.00. The first-order chi connectivity index (χ1) is 8.47. The number of aryl methyl sites for hydroxylation is 3. The van der Waals surface area contributed by atoms with Gasteiger partial charge in [-0.2, -0.15) is 5.10 Å². The highest BCUT2D eigenvalue weighted by Gasteiger charge is 2.12. The quantitative estimate of drug-likeness (QED) is 0.901. The molecule has 0 radical (unpaired) electrons. The fraction of sp³-hybridized carbons (Fsp3) is 0.357. The van der Waals surface area contributed by atoms with E-state index in [4.69, 9.17) is 0 Å². The van der Waals surface area contributed by atoms with Gasteiger partial charge in [-0.25, -0.2) is 4.39 Å². The van der Waals surface area contributed by atoms with E-state index in [9.17, 15) is 4.39 Å². The molecule has 1 heterocycles. The minimum absolute atomic E-state index is 0.0965. The maximum atomic E-state index is 13.2. The summed E-state index contributed by atoms with van der Waals surface area (Å²) in [5.74, 6) is -0.224. The number of benzene rings is 1. The van der Waals surface area contributed by atoms with Gasteiger partial charge in [0.2, 0.25) is 0 Å². The lowest BCUT2D eigenvalue weighted by molar-refractivity contribution is 0.627. The molecule has 0 saturated heterocycles. The normalized spacial score (nSPS) is 12.5. The number of hydrogen-bond acceptors (Lipinski definition) is 2. The van der Waals surface area contributed by atoms with E-state index in [2.05, 4.69) is 10.4 Å². The lowest BCUT2D eigenvalue weighted by Gasteiger charge is -2.16. The molecule has 0 fully saturated rings. The van der Waals surface area contributed by atoms with Crippen LogP contribution in [0.1, 0.15) is 29.8 Å². The number of nitrogens with zero attached hydrogens (tertiary/aromatic N) is 2. The Bertz CT molecular complexity index is 560. The third-order valence-corrected chi connectivity index (χ3v) is 3.09. The van der Waals surface area contributed by atoms with Crippen LogP contribution in [-0.4, -0.2) is 9.78 Å². The molecule has 0 saturated carbocycles. The molecule has 1 aromatic heterocycles. The summed E-state index contributed by atoms with van der Waals surface area (Å²) in [7, 11) is 1.90. The second kappa shape index (κ2) is 4.80. The van der Waals surface area contributed by atoms with Crippen LogP contribution in [0, 0.1) is 19.7 Å². The number of halogens is 1. The molecule has 0 bridgehead atoms. The fourth-order valence-electron chi connectivity index (χ4n) is 2.10. The standard InChI is InChI=1S/C14H18FN3/c1-9-5-6-12(15)7-14(9)16-10(2)13-8-18(4)17-11(13)3/h5-8,10,16H,1-4H3. The van der Waals surface area contributed by atoms with Gasteiger partial charge in [-0.05, 0) is 38.5 Å². The molecule has 0 aliphatic rings. The lowest BCUT2D eigenvalue weighted by atomic mass is 10.1. The summed E-state index contributed by atoms with van der Waals surface area (Å²) in [5.41, 5.74) is 3.98. The molecule has 0 amide bonds. The van der Waals surface area contributed by atoms with E-state index in [1.54, 1.807) is 10.7 Å². The summed E-state index contributed by atoms with van der Waals surface area (Å²) in [6, 6.07) is 4.87. The van der Waals surface area contributed by atoms with Gasteiger partial charge >= 0.3 is 0 Å². The van der Waals surface area contributed by atoms with Gasteiger partial charge in [0.15, 0.2) is 0 Å². The molecule has 96 valence electrons. The zero-order valence-electron chi connectivity index (χ0n) is 11.2. The average molecular weight is 247 g/mol. The van der Waals surface area contributed by atoms with Crippen LogP contribution >= 0.6 is 0 Å². The Morgan fingerprint density at radius 3 is 2.67 bits per heavy atom. The fourth-order valence-corrected chi connectivity index (χ4v) is 2.10. The van der Waals surface area contributed by atoms with Gasteiger partial charge in [-0.3, -0.25) is 4.68 Å². The third kappa shape index (κ3) is 2.53. The van der Waals surface area contributed by atoms with Crippen LogP contribution in [0.2, 0.25) is 0 Å². The molecule has 1 atom stereocenters. The Labute approximate surface area is 107 Å². The van der Waals surface area contributed by atoms with Crippen LogP contribution in [0.25, 0.3) is 0 Å². The van der Waals surface area contributed by atoms with Crippen LogP contribution in [0.15, 0.2) is 24.4 Å². The minimum atomic E-state index is -0.224. The predicted octanol–water partition coefficient (Wildman–Crippen LogP) is 3.35. The summed E-state index contributed by atoms with van der Waals surface area (Å²) in [6.45, 7) is 5.99. The molecule has 0 aliphatic carbocycles. The van der Waals surface area contributed by atoms with Crippen molar-refractivity contribution in [1.82, 2.24) is 9.78 Å². The number of nitrogens with one attached hydrogen (secondary N) is 1. The van der Waals surface area contributed by atoms with Gasteiger partial charge < -0.3 is 5.32 Å². The zero-order valence-corrected chi connectivity index (χ0v) is 11.2. The Kier molecular flexibility index (Phi) is 3.36. The highest BCUT2D eigenvalue weighted by molar-refractivity contribution is 5.52. The Balaban J connectivity index is 2.23. The van der Waals surface area contributed by atoms with E-state index in [-0.39, 0.29) is 11.9 Å². The molecular weight excluding hydrogens is 229 g/mol. The summed E-state index contributed by atoms with van der Waals surface area (Å²) in [5, 5.41) is 7.64. The van der Waals surface area contributed by atoms with E-state index in [1.165, 1.54) is 12.1 Å². The van der Waals surface area contributed by atoms with Crippen molar-refractivity contribution in [3.63, 3.8) is 0 Å². The molecule has 18 heavy (non-hydrogen) atoms. The van der Waals surface area contributed by atoms with Crippen molar-refractivity contribution >= 4 is 5.69 Å². The van der Waals surface area contributed by atoms with E-state index in [0.29, 0.717) is 0 Å². The predicted molar refractivity (Wildman–Crippen MR) is 71.1 cm³/mol. The minimum Gasteiger partial charge on any atom is -0.378 e. The second-order valence-electron chi connectivity index (χ2n) is 4.67. The van der Waals surface area contributed by atoms with Crippen LogP contribution < -0.4 is 5.32 Å².